The van der Waals surface area contributed by atoms with Crippen molar-refractivity contribution in [3.05, 3.63) is 58.6 Å². The van der Waals surface area contributed by atoms with E-state index in [4.69, 9.17) is 22.1 Å². The third kappa shape index (κ3) is 3.91. The van der Waals surface area contributed by atoms with Gasteiger partial charge in [-0.3, -0.25) is 4.79 Å². The molecule has 4 rings (SSSR count). The number of nitrogens with one attached hydrogen (secondary N) is 1. The maximum Gasteiger partial charge on any atom is 0.223 e. The summed E-state index contributed by atoms with van der Waals surface area (Å²) < 4.78 is 5.72. The van der Waals surface area contributed by atoms with Crippen LogP contribution in [0.1, 0.15) is 30.4 Å². The zero-order valence-corrected chi connectivity index (χ0v) is 16.1. The Morgan fingerprint density at radius 3 is 2.81 bits per heavy atom. The highest BCUT2D eigenvalue weighted by molar-refractivity contribution is 6.30. The van der Waals surface area contributed by atoms with Crippen molar-refractivity contribution in [3.8, 4) is 5.75 Å². The Labute approximate surface area is 165 Å². The molecular formula is C22H25ClN2O2. The molecule has 0 spiro atoms. The van der Waals surface area contributed by atoms with Crippen LogP contribution in [0.2, 0.25) is 5.02 Å². The van der Waals surface area contributed by atoms with Crippen LogP contribution in [-0.2, 0) is 17.6 Å². The average Bonchev–Trinajstić information content (AvgIpc) is 2.97. The number of benzene rings is 2. The van der Waals surface area contributed by atoms with E-state index in [2.05, 4.69) is 23.5 Å². The normalized spacial score (nSPS) is 23.4. The summed E-state index contributed by atoms with van der Waals surface area (Å²) in [6, 6.07) is 13.9. The largest absolute Gasteiger partial charge is 0.492 e. The zero-order valence-electron chi connectivity index (χ0n) is 15.3. The first-order chi connectivity index (χ1) is 13.0. The van der Waals surface area contributed by atoms with Crippen molar-refractivity contribution in [2.75, 3.05) is 18.5 Å². The van der Waals surface area contributed by atoms with Crippen LogP contribution in [0.15, 0.2) is 42.5 Å². The Bertz CT molecular complexity index is 837. The molecule has 5 heteroatoms. The minimum absolute atomic E-state index is 0.132. The standard InChI is InChI=1S/C22H25ClN2O2/c23-18-2-5-20(6-3-18)27-10-9-25-19-4-1-16-11-15-7-8-22(13-15,21(24)26)14-17(16)12-19/h1-6,12,15,25H,7-11,13-14H2,(H2,24,26). The van der Waals surface area contributed by atoms with E-state index in [-0.39, 0.29) is 11.3 Å². The average molecular weight is 385 g/mol. The zero-order chi connectivity index (χ0) is 18.9. The molecule has 27 heavy (non-hydrogen) atoms. The molecule has 4 nitrogen and oxygen atoms in total. The molecule has 0 aromatic heterocycles. The molecule has 1 amide bonds. The van der Waals surface area contributed by atoms with Gasteiger partial charge in [-0.25, -0.2) is 0 Å². The molecule has 0 radical (unpaired) electrons. The van der Waals surface area contributed by atoms with Crippen LogP contribution in [0.4, 0.5) is 5.69 Å². The van der Waals surface area contributed by atoms with Crippen LogP contribution in [0, 0.1) is 11.3 Å². The van der Waals surface area contributed by atoms with E-state index in [1.807, 2.05) is 24.3 Å². The second-order valence-corrected chi connectivity index (χ2v) is 8.28. The number of primary amides is 1. The number of nitrogens with two attached hydrogens (primary N) is 1. The van der Waals surface area contributed by atoms with E-state index in [0.29, 0.717) is 24.1 Å². The maximum absolute atomic E-state index is 12.1. The summed E-state index contributed by atoms with van der Waals surface area (Å²) in [4.78, 5) is 12.1. The summed E-state index contributed by atoms with van der Waals surface area (Å²) >= 11 is 5.88. The Kier molecular flexibility index (Phi) is 5.00. The number of amides is 1. The van der Waals surface area contributed by atoms with Gasteiger partial charge in [-0.05, 0) is 85.5 Å². The van der Waals surface area contributed by atoms with Crippen molar-refractivity contribution in [2.24, 2.45) is 17.1 Å². The molecule has 2 atom stereocenters. The molecule has 1 fully saturated rings. The second-order valence-electron chi connectivity index (χ2n) is 7.85. The van der Waals surface area contributed by atoms with Crippen molar-refractivity contribution in [1.82, 2.24) is 0 Å². The minimum Gasteiger partial charge on any atom is -0.492 e. The Hall–Kier alpha value is -2.20. The fourth-order valence-electron chi connectivity index (χ4n) is 4.55. The lowest BCUT2D eigenvalue weighted by atomic mass is 9.79. The molecule has 2 unspecified atom stereocenters. The van der Waals surface area contributed by atoms with Gasteiger partial charge in [0.25, 0.3) is 0 Å². The van der Waals surface area contributed by atoms with E-state index < -0.39 is 0 Å². The fourth-order valence-corrected chi connectivity index (χ4v) is 4.68. The summed E-state index contributed by atoms with van der Waals surface area (Å²) in [5, 5.41) is 4.12. The number of rotatable bonds is 6. The number of halogens is 1. The van der Waals surface area contributed by atoms with E-state index >= 15 is 0 Å². The maximum atomic E-state index is 12.1. The highest BCUT2D eigenvalue weighted by atomic mass is 35.5. The number of anilines is 1. The lowest BCUT2D eigenvalue weighted by Crippen LogP contribution is -2.36. The van der Waals surface area contributed by atoms with Crippen molar-refractivity contribution < 1.29 is 9.53 Å². The molecule has 2 aromatic rings. The van der Waals surface area contributed by atoms with Gasteiger partial charge in [-0.1, -0.05) is 17.7 Å². The van der Waals surface area contributed by atoms with Gasteiger partial charge in [0.15, 0.2) is 0 Å². The van der Waals surface area contributed by atoms with Crippen LogP contribution in [0.3, 0.4) is 0 Å². The Morgan fingerprint density at radius 1 is 1.22 bits per heavy atom. The molecule has 142 valence electrons. The molecule has 2 aliphatic rings. The van der Waals surface area contributed by atoms with Gasteiger partial charge in [0.2, 0.25) is 5.91 Å². The number of ether oxygens (including phenoxy) is 1. The molecule has 2 aromatic carbocycles. The van der Waals surface area contributed by atoms with E-state index in [1.54, 1.807) is 0 Å². The first-order valence-electron chi connectivity index (χ1n) is 9.58. The quantitative estimate of drug-likeness (QED) is 0.733. The van der Waals surface area contributed by atoms with Gasteiger partial charge in [-0.2, -0.15) is 0 Å². The van der Waals surface area contributed by atoms with E-state index in [0.717, 1.165) is 43.5 Å². The van der Waals surface area contributed by atoms with Gasteiger partial charge < -0.3 is 15.8 Å². The first-order valence-corrected chi connectivity index (χ1v) is 9.96. The van der Waals surface area contributed by atoms with Crippen LogP contribution in [0.25, 0.3) is 0 Å². The minimum atomic E-state index is -0.341. The number of hydrogen-bond acceptors (Lipinski definition) is 3. The second kappa shape index (κ2) is 7.43. The van der Waals surface area contributed by atoms with Crippen molar-refractivity contribution >= 4 is 23.2 Å². The van der Waals surface area contributed by atoms with Crippen molar-refractivity contribution in [2.45, 2.75) is 32.1 Å². The van der Waals surface area contributed by atoms with Crippen LogP contribution >= 0.6 is 11.6 Å². The highest BCUT2D eigenvalue weighted by Crippen LogP contribution is 2.48. The van der Waals surface area contributed by atoms with Gasteiger partial charge in [-0.15, -0.1) is 0 Å². The van der Waals surface area contributed by atoms with Gasteiger partial charge in [0, 0.05) is 17.3 Å². The molecule has 1 saturated carbocycles. The SMILES string of the molecule is NC(=O)C12CCC(Cc3ccc(NCCOc4ccc(Cl)cc4)cc3C1)C2. The summed E-state index contributed by atoms with van der Waals surface area (Å²) in [6.45, 7) is 1.26. The molecule has 2 aliphatic carbocycles. The monoisotopic (exact) mass is 384 g/mol. The van der Waals surface area contributed by atoms with Crippen molar-refractivity contribution in [1.29, 1.82) is 0 Å². The summed E-state index contributed by atoms with van der Waals surface area (Å²) in [6.07, 6.45) is 4.81. The molecular weight excluding hydrogens is 360 g/mol. The molecule has 3 N–H and O–H groups in total. The van der Waals surface area contributed by atoms with Crippen LogP contribution in [-0.4, -0.2) is 19.1 Å². The van der Waals surface area contributed by atoms with Crippen LogP contribution < -0.4 is 15.8 Å². The number of hydrogen-bond donors (Lipinski definition) is 2. The Morgan fingerprint density at radius 2 is 2.04 bits per heavy atom. The number of carbonyl (C=O) groups is 1. The molecule has 0 saturated heterocycles. The van der Waals surface area contributed by atoms with Crippen molar-refractivity contribution in [3.63, 3.8) is 0 Å². The number of carbonyl (C=O) groups excluding carboxylic acids is 1. The fraction of sp³-hybridized carbons (Fsp3) is 0.409. The summed E-state index contributed by atoms with van der Waals surface area (Å²) in [5.74, 6) is 1.26. The third-order valence-corrected chi connectivity index (χ3v) is 6.24. The predicted molar refractivity (Wildman–Crippen MR) is 108 cm³/mol. The summed E-state index contributed by atoms with van der Waals surface area (Å²) in [7, 11) is 0. The predicted octanol–water partition coefficient (Wildman–Crippen LogP) is 4.20. The first kappa shape index (κ1) is 18.2. The highest BCUT2D eigenvalue weighted by Gasteiger charge is 2.46. The van der Waals surface area contributed by atoms with E-state index in [1.165, 1.54) is 11.1 Å². The topological polar surface area (TPSA) is 64.4 Å². The third-order valence-electron chi connectivity index (χ3n) is 5.99. The molecule has 0 aliphatic heterocycles. The smallest absolute Gasteiger partial charge is 0.223 e. The molecule has 0 heterocycles. The summed E-state index contributed by atoms with van der Waals surface area (Å²) in [5.41, 5.74) is 9.14. The lowest BCUT2D eigenvalue weighted by Gasteiger charge is -2.25. The van der Waals surface area contributed by atoms with Gasteiger partial charge >= 0.3 is 0 Å². The Balaban J connectivity index is 1.39. The van der Waals surface area contributed by atoms with Gasteiger partial charge in [0.05, 0.1) is 5.41 Å². The lowest BCUT2D eigenvalue weighted by molar-refractivity contribution is -0.127. The molecule has 2 bridgehead atoms. The van der Waals surface area contributed by atoms with Gasteiger partial charge in [0.1, 0.15) is 12.4 Å². The van der Waals surface area contributed by atoms with Crippen LogP contribution in [0.5, 0.6) is 5.75 Å². The number of fused-ring (bicyclic) bond motifs is 3. The van der Waals surface area contributed by atoms with E-state index in [9.17, 15) is 4.79 Å².